The highest BCUT2D eigenvalue weighted by atomic mass is 79.9. The molecule has 101 valence electrons. The lowest BCUT2D eigenvalue weighted by Gasteiger charge is -2.10. The molecular formula is C15H22BrO2. The Hall–Kier alpha value is -0.540. The van der Waals surface area contributed by atoms with Gasteiger partial charge in [-0.3, -0.25) is 0 Å². The van der Waals surface area contributed by atoms with E-state index in [0.29, 0.717) is 6.61 Å². The van der Waals surface area contributed by atoms with Gasteiger partial charge >= 0.3 is 0 Å². The van der Waals surface area contributed by atoms with E-state index < -0.39 is 0 Å². The predicted molar refractivity (Wildman–Crippen MR) is 77.4 cm³/mol. The first kappa shape index (κ1) is 15.5. The van der Waals surface area contributed by atoms with Crippen LogP contribution in [-0.4, -0.2) is 6.61 Å². The molecule has 0 amide bonds. The molecule has 0 heterocycles. The number of ether oxygens (including phenoxy) is 1. The second-order valence-electron chi connectivity index (χ2n) is 4.51. The third-order valence-corrected chi connectivity index (χ3v) is 3.43. The Bertz CT molecular complexity index is 339. The Morgan fingerprint density at radius 2 is 1.83 bits per heavy atom. The quantitative estimate of drug-likeness (QED) is 0.582. The molecule has 1 radical (unpaired) electrons. The van der Waals surface area contributed by atoms with Crippen molar-refractivity contribution in [2.45, 2.75) is 52.1 Å². The summed E-state index contributed by atoms with van der Waals surface area (Å²) < 4.78 is 6.60. The van der Waals surface area contributed by atoms with Crippen molar-refractivity contribution < 1.29 is 9.84 Å². The first-order chi connectivity index (χ1) is 8.77. The number of hydrogen-bond donors (Lipinski definition) is 0. The molecule has 0 atom stereocenters. The topological polar surface area (TPSA) is 29.1 Å². The predicted octanol–water partition coefficient (Wildman–Crippen LogP) is 5.12. The van der Waals surface area contributed by atoms with Gasteiger partial charge in [0, 0.05) is 10.0 Å². The van der Waals surface area contributed by atoms with E-state index in [1.807, 2.05) is 18.2 Å². The molecular weight excluding hydrogens is 292 g/mol. The molecule has 0 aliphatic heterocycles. The van der Waals surface area contributed by atoms with Gasteiger partial charge in [-0.05, 0) is 24.6 Å². The Morgan fingerprint density at radius 3 is 2.56 bits per heavy atom. The number of unbranched alkanes of at least 4 members (excludes halogenated alkanes) is 5. The fraction of sp³-hybridized carbons (Fsp3) is 0.600. The molecule has 0 fully saturated rings. The van der Waals surface area contributed by atoms with Crippen molar-refractivity contribution in [3.63, 3.8) is 0 Å². The minimum atomic E-state index is -0.231. The molecule has 0 aliphatic carbocycles. The van der Waals surface area contributed by atoms with Crippen molar-refractivity contribution in [3.05, 3.63) is 28.2 Å². The maximum Gasteiger partial charge on any atom is 0.125 e. The standard InChI is InChI=1S/C15H22BrO2/c1-2-3-4-5-6-7-10-18-15-9-8-14(16)11-13(15)12-17/h8-9,11H,2-7,10,12H2,1H3. The third kappa shape index (κ3) is 5.87. The van der Waals surface area contributed by atoms with Crippen LogP contribution in [0.15, 0.2) is 22.7 Å². The highest BCUT2D eigenvalue weighted by Gasteiger charge is 2.03. The summed E-state index contributed by atoms with van der Waals surface area (Å²) in [6, 6.07) is 5.62. The SMILES string of the molecule is CCCCCCCCOc1ccc(Br)cc1C[O]. The fourth-order valence-electron chi connectivity index (χ4n) is 1.87. The van der Waals surface area contributed by atoms with Crippen LogP contribution in [0.3, 0.4) is 0 Å². The van der Waals surface area contributed by atoms with E-state index in [0.717, 1.165) is 22.2 Å². The van der Waals surface area contributed by atoms with Crippen molar-refractivity contribution in [2.75, 3.05) is 6.61 Å². The highest BCUT2D eigenvalue weighted by molar-refractivity contribution is 9.10. The van der Waals surface area contributed by atoms with E-state index in [9.17, 15) is 5.11 Å². The van der Waals surface area contributed by atoms with Crippen LogP contribution in [0, 0.1) is 0 Å². The van der Waals surface area contributed by atoms with Crippen LogP contribution in [0.4, 0.5) is 0 Å². The smallest absolute Gasteiger partial charge is 0.125 e. The van der Waals surface area contributed by atoms with Crippen LogP contribution in [0.5, 0.6) is 5.75 Å². The van der Waals surface area contributed by atoms with Crippen LogP contribution < -0.4 is 4.74 Å². The summed E-state index contributed by atoms with van der Waals surface area (Å²) >= 11 is 3.36. The van der Waals surface area contributed by atoms with E-state index in [4.69, 9.17) is 4.74 Å². The molecule has 18 heavy (non-hydrogen) atoms. The van der Waals surface area contributed by atoms with Crippen molar-refractivity contribution in [1.82, 2.24) is 0 Å². The average molecular weight is 314 g/mol. The number of halogens is 1. The summed E-state index contributed by atoms with van der Waals surface area (Å²) in [5.41, 5.74) is 0.732. The molecule has 1 rings (SSSR count). The molecule has 0 saturated heterocycles. The van der Waals surface area contributed by atoms with Crippen molar-refractivity contribution >= 4 is 15.9 Å². The maximum absolute atomic E-state index is 11.0. The van der Waals surface area contributed by atoms with Gasteiger partial charge in [0.25, 0.3) is 0 Å². The highest BCUT2D eigenvalue weighted by Crippen LogP contribution is 2.23. The van der Waals surface area contributed by atoms with Gasteiger partial charge in [-0.1, -0.05) is 55.0 Å². The Morgan fingerprint density at radius 1 is 1.11 bits per heavy atom. The fourth-order valence-corrected chi connectivity index (χ4v) is 2.27. The van der Waals surface area contributed by atoms with Gasteiger partial charge in [0.2, 0.25) is 0 Å². The summed E-state index contributed by atoms with van der Waals surface area (Å²) in [6.45, 7) is 2.70. The van der Waals surface area contributed by atoms with Crippen LogP contribution in [0.2, 0.25) is 0 Å². The van der Waals surface area contributed by atoms with Gasteiger partial charge in [0.05, 0.1) is 6.61 Å². The van der Waals surface area contributed by atoms with Gasteiger partial charge in [-0.2, -0.15) is 0 Å². The zero-order valence-corrected chi connectivity index (χ0v) is 12.7. The minimum absolute atomic E-state index is 0.231. The van der Waals surface area contributed by atoms with Gasteiger partial charge in [-0.25, -0.2) is 5.11 Å². The molecule has 0 N–H and O–H groups in total. The van der Waals surface area contributed by atoms with Crippen LogP contribution >= 0.6 is 15.9 Å². The van der Waals surface area contributed by atoms with Gasteiger partial charge < -0.3 is 4.74 Å². The van der Waals surface area contributed by atoms with Gasteiger partial charge in [-0.15, -0.1) is 0 Å². The Kier molecular flexibility index (Phi) is 8.10. The first-order valence-corrected chi connectivity index (χ1v) is 7.56. The largest absolute Gasteiger partial charge is 0.493 e. The summed E-state index contributed by atoms with van der Waals surface area (Å²) in [5.74, 6) is 0.738. The van der Waals surface area contributed by atoms with E-state index in [1.54, 1.807) is 0 Å². The van der Waals surface area contributed by atoms with Gasteiger partial charge in [0.15, 0.2) is 0 Å². The van der Waals surface area contributed by atoms with Gasteiger partial charge in [0.1, 0.15) is 12.4 Å². The van der Waals surface area contributed by atoms with E-state index in [1.165, 1.54) is 32.1 Å². The number of benzene rings is 1. The van der Waals surface area contributed by atoms with E-state index in [2.05, 4.69) is 22.9 Å². The molecule has 1 aromatic rings. The van der Waals surface area contributed by atoms with Crippen LogP contribution in [-0.2, 0) is 11.7 Å². The second-order valence-corrected chi connectivity index (χ2v) is 5.43. The zero-order chi connectivity index (χ0) is 13.2. The van der Waals surface area contributed by atoms with E-state index in [-0.39, 0.29) is 6.61 Å². The molecule has 0 aromatic heterocycles. The molecule has 2 nitrogen and oxygen atoms in total. The molecule has 0 spiro atoms. The van der Waals surface area contributed by atoms with E-state index >= 15 is 0 Å². The van der Waals surface area contributed by atoms with Crippen LogP contribution in [0.25, 0.3) is 0 Å². The lowest BCUT2D eigenvalue weighted by Crippen LogP contribution is -2.00. The monoisotopic (exact) mass is 313 g/mol. The Balaban J connectivity index is 2.22. The lowest BCUT2D eigenvalue weighted by molar-refractivity contribution is 0.172. The average Bonchev–Trinajstić information content (AvgIpc) is 2.39. The van der Waals surface area contributed by atoms with Crippen LogP contribution in [0.1, 0.15) is 51.0 Å². The zero-order valence-electron chi connectivity index (χ0n) is 11.1. The maximum atomic E-state index is 11.0. The minimum Gasteiger partial charge on any atom is -0.493 e. The molecule has 3 heteroatoms. The number of rotatable bonds is 9. The summed E-state index contributed by atoms with van der Waals surface area (Å²) in [7, 11) is 0. The molecule has 0 bridgehead atoms. The molecule has 1 aromatic carbocycles. The first-order valence-electron chi connectivity index (χ1n) is 6.77. The number of hydrogen-bond acceptors (Lipinski definition) is 1. The van der Waals surface area contributed by atoms with Crippen molar-refractivity contribution in [2.24, 2.45) is 0 Å². The third-order valence-electron chi connectivity index (χ3n) is 2.93. The molecule has 0 saturated carbocycles. The summed E-state index contributed by atoms with van der Waals surface area (Å²) in [6.07, 6.45) is 7.49. The second kappa shape index (κ2) is 9.40. The Labute approximate surface area is 118 Å². The molecule has 0 unspecified atom stereocenters. The van der Waals surface area contributed by atoms with Crippen molar-refractivity contribution in [3.8, 4) is 5.75 Å². The normalized spacial score (nSPS) is 10.6. The summed E-state index contributed by atoms with van der Waals surface area (Å²) in [5, 5.41) is 11.0. The molecule has 0 aliphatic rings. The lowest BCUT2D eigenvalue weighted by atomic mass is 10.1. The van der Waals surface area contributed by atoms with Crippen molar-refractivity contribution in [1.29, 1.82) is 0 Å². The summed E-state index contributed by atoms with van der Waals surface area (Å²) in [4.78, 5) is 0.